The Morgan fingerprint density at radius 1 is 1.18 bits per heavy atom. The zero-order valence-electron chi connectivity index (χ0n) is 11.6. The second kappa shape index (κ2) is 6.46. The Kier molecular flexibility index (Phi) is 4.40. The maximum absolute atomic E-state index is 12.2. The van der Waals surface area contributed by atoms with Crippen molar-refractivity contribution in [2.75, 3.05) is 11.1 Å². The van der Waals surface area contributed by atoms with Crippen molar-refractivity contribution in [2.45, 2.75) is 21.5 Å². The van der Waals surface area contributed by atoms with Crippen LogP contribution in [0.15, 0.2) is 58.3 Å². The van der Waals surface area contributed by atoms with Gasteiger partial charge in [-0.1, -0.05) is 24.3 Å². The van der Waals surface area contributed by atoms with Crippen molar-refractivity contribution in [1.29, 1.82) is 0 Å². The number of nitrogen functional groups attached to an aromatic ring is 1. The Balaban J connectivity index is 1.67. The summed E-state index contributed by atoms with van der Waals surface area (Å²) in [5.74, 6) is -0.126. The lowest BCUT2D eigenvalue weighted by atomic mass is 10.2. The molecule has 0 aromatic heterocycles. The van der Waals surface area contributed by atoms with E-state index in [1.807, 2.05) is 36.4 Å². The number of para-hydroxylation sites is 2. The average molecular weight is 330 g/mol. The van der Waals surface area contributed by atoms with Crippen LogP contribution in [-0.4, -0.2) is 16.3 Å². The van der Waals surface area contributed by atoms with Crippen LogP contribution in [0, 0.1) is 0 Å². The number of thioether (sulfide) groups is 2. The van der Waals surface area contributed by atoms with E-state index in [0.717, 1.165) is 27.2 Å². The van der Waals surface area contributed by atoms with Gasteiger partial charge >= 0.3 is 0 Å². The molecule has 3 N–H and O–H groups in total. The third kappa shape index (κ3) is 3.28. The number of hydrogen-bond donors (Lipinski definition) is 2. The molecule has 1 aliphatic heterocycles. The van der Waals surface area contributed by atoms with E-state index < -0.39 is 5.25 Å². The number of benzene rings is 2. The van der Waals surface area contributed by atoms with Gasteiger partial charge in [-0.25, -0.2) is 0 Å². The maximum atomic E-state index is 12.2. The Labute approximate surface area is 136 Å². The van der Waals surface area contributed by atoms with Crippen molar-refractivity contribution < 1.29 is 9.59 Å². The summed E-state index contributed by atoms with van der Waals surface area (Å²) in [6, 6.07) is 14.8. The predicted molar refractivity (Wildman–Crippen MR) is 91.1 cm³/mol. The van der Waals surface area contributed by atoms with Crippen molar-refractivity contribution in [3.63, 3.8) is 0 Å². The highest BCUT2D eigenvalue weighted by Crippen LogP contribution is 2.38. The van der Waals surface area contributed by atoms with E-state index in [1.54, 1.807) is 12.1 Å². The van der Waals surface area contributed by atoms with Gasteiger partial charge in [-0.05, 0) is 36.0 Å². The molecule has 1 unspecified atom stereocenters. The zero-order valence-corrected chi connectivity index (χ0v) is 13.2. The van der Waals surface area contributed by atoms with Gasteiger partial charge in [0.2, 0.25) is 5.91 Å². The number of fused-ring (bicyclic) bond motifs is 1. The number of carbonyl (C=O) groups is 2. The molecule has 6 heteroatoms. The zero-order chi connectivity index (χ0) is 15.5. The van der Waals surface area contributed by atoms with E-state index in [9.17, 15) is 9.59 Å². The number of hydrogen-bond acceptors (Lipinski definition) is 5. The highest BCUT2D eigenvalue weighted by Gasteiger charge is 2.29. The smallest absolute Gasteiger partial charge is 0.238 e. The highest BCUT2D eigenvalue weighted by molar-refractivity contribution is 8.13. The number of anilines is 2. The minimum Gasteiger partial charge on any atom is -0.398 e. The third-order valence-corrected chi connectivity index (χ3v) is 5.46. The minimum absolute atomic E-state index is 0.0649. The Morgan fingerprint density at radius 3 is 2.73 bits per heavy atom. The number of carbonyl (C=O) groups excluding carboxylic acids is 2. The van der Waals surface area contributed by atoms with Crippen LogP contribution in [0.2, 0.25) is 0 Å². The molecule has 0 spiro atoms. The molecule has 1 atom stereocenters. The fourth-order valence-corrected chi connectivity index (χ4v) is 4.16. The van der Waals surface area contributed by atoms with Crippen molar-refractivity contribution in [3.8, 4) is 0 Å². The molecule has 0 bridgehead atoms. The molecule has 3 rings (SSSR count). The van der Waals surface area contributed by atoms with Crippen molar-refractivity contribution >= 4 is 45.9 Å². The van der Waals surface area contributed by atoms with Crippen LogP contribution in [0.4, 0.5) is 11.4 Å². The second-order valence-electron chi connectivity index (χ2n) is 4.81. The highest BCUT2D eigenvalue weighted by atomic mass is 32.2. The molecule has 1 aliphatic rings. The van der Waals surface area contributed by atoms with Gasteiger partial charge in [0, 0.05) is 21.9 Å². The van der Waals surface area contributed by atoms with Crippen LogP contribution in [0.3, 0.4) is 0 Å². The van der Waals surface area contributed by atoms with Crippen LogP contribution in [0.1, 0.15) is 6.42 Å². The summed E-state index contributed by atoms with van der Waals surface area (Å²) in [5, 5.41) is 2.38. The monoisotopic (exact) mass is 330 g/mol. The lowest BCUT2D eigenvalue weighted by Gasteiger charge is -2.23. The molecule has 0 radical (unpaired) electrons. The molecule has 0 saturated carbocycles. The molecule has 0 fully saturated rings. The van der Waals surface area contributed by atoms with E-state index in [-0.39, 0.29) is 17.4 Å². The van der Waals surface area contributed by atoms with E-state index in [2.05, 4.69) is 5.32 Å². The van der Waals surface area contributed by atoms with Crippen LogP contribution in [-0.2, 0) is 9.59 Å². The van der Waals surface area contributed by atoms with Gasteiger partial charge in [0.15, 0.2) is 5.12 Å². The van der Waals surface area contributed by atoms with Gasteiger partial charge < -0.3 is 11.1 Å². The lowest BCUT2D eigenvalue weighted by molar-refractivity contribution is -0.118. The van der Waals surface area contributed by atoms with Gasteiger partial charge in [-0.2, -0.15) is 0 Å². The van der Waals surface area contributed by atoms with E-state index in [4.69, 9.17) is 5.73 Å². The molecule has 22 heavy (non-hydrogen) atoms. The molecule has 0 aliphatic carbocycles. The van der Waals surface area contributed by atoms with E-state index in [1.165, 1.54) is 11.8 Å². The molecule has 2 aromatic carbocycles. The van der Waals surface area contributed by atoms with Gasteiger partial charge in [0.25, 0.3) is 0 Å². The summed E-state index contributed by atoms with van der Waals surface area (Å²) < 4.78 is 0. The molecule has 112 valence electrons. The fraction of sp³-hybridized carbons (Fsp3) is 0.125. The molecule has 4 nitrogen and oxygen atoms in total. The summed E-state index contributed by atoms with van der Waals surface area (Å²) in [4.78, 5) is 26.0. The first-order chi connectivity index (χ1) is 10.6. The maximum Gasteiger partial charge on any atom is 0.238 e. The number of rotatable bonds is 3. The van der Waals surface area contributed by atoms with Crippen LogP contribution < -0.4 is 11.1 Å². The number of nitrogens with one attached hydrogen (secondary N) is 1. The summed E-state index contributed by atoms with van der Waals surface area (Å²) in [6.07, 6.45) is 0.170. The van der Waals surface area contributed by atoms with Crippen molar-refractivity contribution in [2.24, 2.45) is 0 Å². The standard InChI is InChI=1S/C16H14N2O2S2/c17-10-5-1-3-7-12(10)22-15(19)9-14-16(20)18-11-6-2-4-8-13(11)21-14/h1-8,14H,9,17H2,(H,18,20). The Hall–Kier alpha value is -1.92. The van der Waals surface area contributed by atoms with Gasteiger partial charge in [-0.15, -0.1) is 11.8 Å². The summed E-state index contributed by atoms with van der Waals surface area (Å²) in [6.45, 7) is 0. The van der Waals surface area contributed by atoms with Crippen LogP contribution in [0.25, 0.3) is 0 Å². The summed E-state index contributed by atoms with van der Waals surface area (Å²) in [7, 11) is 0. The predicted octanol–water partition coefficient (Wildman–Crippen LogP) is 3.39. The number of nitrogens with two attached hydrogens (primary N) is 1. The summed E-state index contributed by atoms with van der Waals surface area (Å²) >= 11 is 2.52. The lowest BCUT2D eigenvalue weighted by Crippen LogP contribution is -2.30. The van der Waals surface area contributed by atoms with Crippen LogP contribution >= 0.6 is 23.5 Å². The topological polar surface area (TPSA) is 72.2 Å². The Morgan fingerprint density at radius 2 is 1.91 bits per heavy atom. The Bertz CT molecular complexity index is 734. The normalized spacial score (nSPS) is 16.7. The average Bonchev–Trinajstić information content (AvgIpc) is 2.50. The van der Waals surface area contributed by atoms with Gasteiger partial charge in [0.05, 0.1) is 10.9 Å². The first-order valence-corrected chi connectivity index (χ1v) is 8.45. The molecule has 0 saturated heterocycles. The first-order valence-electron chi connectivity index (χ1n) is 6.75. The molecular formula is C16H14N2O2S2. The summed E-state index contributed by atoms with van der Waals surface area (Å²) in [5.41, 5.74) is 7.22. The quantitative estimate of drug-likeness (QED) is 0.667. The molecular weight excluding hydrogens is 316 g/mol. The van der Waals surface area contributed by atoms with E-state index in [0.29, 0.717) is 5.69 Å². The van der Waals surface area contributed by atoms with Gasteiger partial charge in [0.1, 0.15) is 0 Å². The molecule has 2 aromatic rings. The second-order valence-corrected chi connectivity index (χ2v) is 7.15. The third-order valence-electron chi connectivity index (χ3n) is 3.20. The van der Waals surface area contributed by atoms with Crippen LogP contribution in [0.5, 0.6) is 0 Å². The van der Waals surface area contributed by atoms with Gasteiger partial charge in [-0.3, -0.25) is 9.59 Å². The largest absolute Gasteiger partial charge is 0.398 e. The van der Waals surface area contributed by atoms with Crippen molar-refractivity contribution in [3.05, 3.63) is 48.5 Å². The van der Waals surface area contributed by atoms with Crippen molar-refractivity contribution in [1.82, 2.24) is 0 Å². The molecule has 1 heterocycles. The minimum atomic E-state index is -0.403. The molecule has 1 amide bonds. The SMILES string of the molecule is Nc1ccccc1SC(=O)CC1Sc2ccccc2NC1=O. The fourth-order valence-electron chi connectivity index (χ4n) is 2.12. The first kappa shape index (κ1) is 15.0. The number of amides is 1. The van der Waals surface area contributed by atoms with E-state index >= 15 is 0 Å².